The van der Waals surface area contributed by atoms with Gasteiger partial charge < -0.3 is 0 Å². The van der Waals surface area contributed by atoms with Crippen LogP contribution in [0.3, 0.4) is 0 Å². The largest absolute Gasteiger partial charge is 0.271 e. The van der Waals surface area contributed by atoms with Crippen LogP contribution in [0.2, 0.25) is 0 Å². The van der Waals surface area contributed by atoms with Gasteiger partial charge in [-0.2, -0.15) is 0 Å². The van der Waals surface area contributed by atoms with E-state index in [1.165, 1.54) is 17.0 Å². The summed E-state index contributed by atoms with van der Waals surface area (Å²) in [6, 6.07) is 6.59. The summed E-state index contributed by atoms with van der Waals surface area (Å²) in [6.45, 7) is 0. The molecule has 0 amide bonds. The van der Waals surface area contributed by atoms with Crippen LogP contribution in [0, 0.1) is 11.6 Å². The van der Waals surface area contributed by atoms with Crippen LogP contribution < -0.4 is 11.3 Å². The first-order valence-corrected chi connectivity index (χ1v) is 8.40. The Bertz CT molecular complexity index is 575. The fourth-order valence-corrected chi connectivity index (χ4v) is 3.35. The van der Waals surface area contributed by atoms with Gasteiger partial charge in [0.1, 0.15) is 11.6 Å². The lowest BCUT2D eigenvalue weighted by atomic mass is 10.0. The molecule has 1 atom stereocenters. The van der Waals surface area contributed by atoms with Crippen molar-refractivity contribution in [2.24, 2.45) is 5.84 Å². The van der Waals surface area contributed by atoms with Crippen molar-refractivity contribution < 1.29 is 8.78 Å². The van der Waals surface area contributed by atoms with Crippen LogP contribution >= 0.6 is 27.3 Å². The van der Waals surface area contributed by atoms with Crippen molar-refractivity contribution in [1.82, 2.24) is 5.43 Å². The van der Waals surface area contributed by atoms with E-state index in [2.05, 4.69) is 27.4 Å². The van der Waals surface area contributed by atoms with Gasteiger partial charge in [-0.1, -0.05) is 6.07 Å². The molecule has 0 aliphatic carbocycles. The van der Waals surface area contributed by atoms with Crippen LogP contribution in [0.25, 0.3) is 0 Å². The van der Waals surface area contributed by atoms with E-state index in [9.17, 15) is 8.78 Å². The second-order valence-electron chi connectivity index (χ2n) is 4.86. The summed E-state index contributed by atoms with van der Waals surface area (Å²) in [5, 5.41) is 2.04. The minimum atomic E-state index is -0.548. The molecule has 0 radical (unpaired) electrons. The Kier molecular flexibility index (Phi) is 6.29. The maximum absolute atomic E-state index is 14.0. The topological polar surface area (TPSA) is 38.0 Å². The molecule has 0 saturated heterocycles. The summed E-state index contributed by atoms with van der Waals surface area (Å²) in [5.41, 5.74) is 2.73. The van der Waals surface area contributed by atoms with Gasteiger partial charge in [-0.3, -0.25) is 11.3 Å². The van der Waals surface area contributed by atoms with Gasteiger partial charge in [0.15, 0.2) is 0 Å². The number of halogens is 3. The molecule has 0 fully saturated rings. The lowest BCUT2D eigenvalue weighted by molar-refractivity contribution is 0.453. The summed E-state index contributed by atoms with van der Waals surface area (Å²) in [6.07, 6.45) is 2.88. The van der Waals surface area contributed by atoms with Crippen LogP contribution in [0.5, 0.6) is 0 Å². The predicted molar refractivity (Wildman–Crippen MR) is 86.1 cm³/mol. The molecule has 1 heterocycles. The zero-order chi connectivity index (χ0) is 15.2. The van der Waals surface area contributed by atoms with E-state index in [0.29, 0.717) is 0 Å². The molecule has 114 valence electrons. The highest BCUT2D eigenvalue weighted by atomic mass is 79.9. The summed E-state index contributed by atoms with van der Waals surface area (Å²) >= 11 is 4.79. The molecule has 2 aromatic rings. The van der Waals surface area contributed by atoms with E-state index in [1.807, 2.05) is 11.4 Å². The van der Waals surface area contributed by atoms with E-state index in [4.69, 9.17) is 5.84 Å². The van der Waals surface area contributed by atoms with Crippen molar-refractivity contribution in [3.05, 3.63) is 56.2 Å². The molecule has 0 spiro atoms. The normalized spacial score (nSPS) is 12.6. The lowest BCUT2D eigenvalue weighted by Gasteiger charge is -2.17. The number of thiophene rings is 1. The van der Waals surface area contributed by atoms with E-state index in [-0.39, 0.29) is 22.5 Å². The smallest absolute Gasteiger partial charge is 0.143 e. The third kappa shape index (κ3) is 4.57. The third-order valence-corrected chi connectivity index (χ3v) is 4.93. The Balaban J connectivity index is 1.94. The Morgan fingerprint density at radius 2 is 2.10 bits per heavy atom. The van der Waals surface area contributed by atoms with Crippen molar-refractivity contribution in [3.8, 4) is 0 Å². The summed E-state index contributed by atoms with van der Waals surface area (Å²) in [5.74, 6) is 4.43. The molecular weight excluding hydrogens is 358 g/mol. The summed E-state index contributed by atoms with van der Waals surface area (Å²) in [7, 11) is 0. The van der Waals surface area contributed by atoms with Crippen molar-refractivity contribution >= 4 is 27.3 Å². The standard InChI is InChI=1S/C15H17BrF2N2S/c16-13-6-7-14(17)12(15(13)18)9-10(20-19)3-1-4-11-5-2-8-21-11/h2,5-8,10,20H,1,3-4,9,19H2. The first-order valence-electron chi connectivity index (χ1n) is 6.72. The average molecular weight is 375 g/mol. The van der Waals surface area contributed by atoms with Crippen LogP contribution in [0.15, 0.2) is 34.1 Å². The molecule has 1 aromatic heterocycles. The molecule has 2 rings (SSSR count). The zero-order valence-corrected chi connectivity index (χ0v) is 13.8. The first-order chi connectivity index (χ1) is 10.1. The van der Waals surface area contributed by atoms with Gasteiger partial charge in [0, 0.05) is 16.5 Å². The van der Waals surface area contributed by atoms with Gasteiger partial charge in [-0.05, 0) is 65.2 Å². The summed E-state index contributed by atoms with van der Waals surface area (Å²) in [4.78, 5) is 1.31. The Hall–Kier alpha value is -0.820. The van der Waals surface area contributed by atoms with Crippen LogP contribution in [-0.2, 0) is 12.8 Å². The van der Waals surface area contributed by atoms with Gasteiger partial charge in [0.25, 0.3) is 0 Å². The fourth-order valence-electron chi connectivity index (χ4n) is 2.22. The molecule has 0 aliphatic heterocycles. The number of rotatable bonds is 7. The SMILES string of the molecule is NNC(CCCc1cccs1)Cc1c(F)ccc(Br)c1F. The van der Waals surface area contributed by atoms with Crippen molar-refractivity contribution in [1.29, 1.82) is 0 Å². The van der Waals surface area contributed by atoms with E-state index in [0.717, 1.165) is 19.3 Å². The summed E-state index contributed by atoms with van der Waals surface area (Å²) < 4.78 is 28.0. The molecule has 0 saturated carbocycles. The molecule has 2 nitrogen and oxygen atoms in total. The zero-order valence-electron chi connectivity index (χ0n) is 11.4. The van der Waals surface area contributed by atoms with E-state index in [1.54, 1.807) is 11.3 Å². The number of aryl methyl sites for hydroxylation is 1. The highest BCUT2D eigenvalue weighted by molar-refractivity contribution is 9.10. The Morgan fingerprint density at radius 3 is 2.76 bits per heavy atom. The number of nitrogens with one attached hydrogen (secondary N) is 1. The number of benzene rings is 1. The highest BCUT2D eigenvalue weighted by Gasteiger charge is 2.17. The van der Waals surface area contributed by atoms with Crippen molar-refractivity contribution in [2.75, 3.05) is 0 Å². The molecule has 6 heteroatoms. The number of nitrogens with two attached hydrogens (primary N) is 1. The molecular formula is C15H17BrF2N2S. The Labute approximate surface area is 135 Å². The average Bonchev–Trinajstić information content (AvgIpc) is 2.99. The number of hydrazine groups is 1. The molecule has 1 unspecified atom stereocenters. The Morgan fingerprint density at radius 1 is 1.29 bits per heavy atom. The molecule has 0 bridgehead atoms. The van der Waals surface area contributed by atoms with Crippen LogP contribution in [0.4, 0.5) is 8.78 Å². The second-order valence-corrected chi connectivity index (χ2v) is 6.75. The van der Waals surface area contributed by atoms with Gasteiger partial charge in [0.2, 0.25) is 0 Å². The first kappa shape index (κ1) is 16.5. The lowest BCUT2D eigenvalue weighted by Crippen LogP contribution is -2.37. The molecule has 21 heavy (non-hydrogen) atoms. The highest BCUT2D eigenvalue weighted by Crippen LogP contribution is 2.23. The maximum Gasteiger partial charge on any atom is 0.143 e. The van der Waals surface area contributed by atoms with E-state index >= 15 is 0 Å². The third-order valence-electron chi connectivity index (χ3n) is 3.38. The number of hydrogen-bond acceptors (Lipinski definition) is 3. The number of hydrogen-bond donors (Lipinski definition) is 2. The predicted octanol–water partition coefficient (Wildman–Crippen LogP) is 4.19. The van der Waals surface area contributed by atoms with Gasteiger partial charge in [0.05, 0.1) is 4.47 Å². The second kappa shape index (κ2) is 7.98. The van der Waals surface area contributed by atoms with Gasteiger partial charge in [-0.15, -0.1) is 11.3 Å². The minimum absolute atomic E-state index is 0.0726. The fraction of sp³-hybridized carbons (Fsp3) is 0.333. The van der Waals surface area contributed by atoms with Gasteiger partial charge in [-0.25, -0.2) is 8.78 Å². The van der Waals surface area contributed by atoms with E-state index < -0.39 is 11.6 Å². The molecule has 0 aliphatic rings. The quantitative estimate of drug-likeness (QED) is 0.433. The minimum Gasteiger partial charge on any atom is -0.271 e. The maximum atomic E-state index is 14.0. The van der Waals surface area contributed by atoms with Crippen molar-refractivity contribution in [2.45, 2.75) is 31.7 Å². The van der Waals surface area contributed by atoms with Crippen LogP contribution in [-0.4, -0.2) is 6.04 Å². The monoisotopic (exact) mass is 374 g/mol. The van der Waals surface area contributed by atoms with Crippen molar-refractivity contribution in [3.63, 3.8) is 0 Å². The molecule has 1 aromatic carbocycles. The van der Waals surface area contributed by atoms with Crippen LogP contribution in [0.1, 0.15) is 23.3 Å². The molecule has 3 N–H and O–H groups in total. The van der Waals surface area contributed by atoms with Gasteiger partial charge >= 0.3 is 0 Å².